The van der Waals surface area contributed by atoms with Crippen molar-refractivity contribution in [2.24, 2.45) is 5.92 Å². The molecule has 1 aliphatic rings. The number of benzene rings is 1. The van der Waals surface area contributed by atoms with Crippen LogP contribution in [0.4, 0.5) is 5.69 Å². The van der Waals surface area contributed by atoms with E-state index in [4.69, 9.17) is 9.47 Å². The summed E-state index contributed by atoms with van der Waals surface area (Å²) in [6, 6.07) is 5.93. The molecule has 0 spiro atoms. The van der Waals surface area contributed by atoms with Gasteiger partial charge in [0.15, 0.2) is 0 Å². The molecule has 0 amide bonds. The van der Waals surface area contributed by atoms with Crippen LogP contribution in [0.5, 0.6) is 11.5 Å². The van der Waals surface area contributed by atoms with Crippen molar-refractivity contribution in [3.8, 4) is 11.5 Å². The van der Waals surface area contributed by atoms with E-state index in [0.29, 0.717) is 0 Å². The summed E-state index contributed by atoms with van der Waals surface area (Å²) in [6.45, 7) is 1.04. The lowest BCUT2D eigenvalue weighted by Gasteiger charge is -2.17. The van der Waals surface area contributed by atoms with Gasteiger partial charge in [0.25, 0.3) is 0 Å². The maximum absolute atomic E-state index is 5.41. The lowest BCUT2D eigenvalue weighted by Crippen LogP contribution is -2.14. The van der Waals surface area contributed by atoms with E-state index in [1.54, 1.807) is 14.2 Å². The number of anilines is 1. The van der Waals surface area contributed by atoms with Gasteiger partial charge in [-0.15, -0.1) is 0 Å². The molecule has 1 aliphatic carbocycles. The molecule has 1 saturated carbocycles. The first-order valence-electron chi connectivity index (χ1n) is 7.29. The Morgan fingerprint density at radius 1 is 1.05 bits per heavy atom. The highest BCUT2D eigenvalue weighted by molar-refractivity contribution is 5.59. The molecular weight excluding hydrogens is 238 g/mol. The van der Waals surface area contributed by atoms with Gasteiger partial charge >= 0.3 is 0 Å². The largest absolute Gasteiger partial charge is 0.497 e. The first kappa shape index (κ1) is 14.0. The fourth-order valence-electron chi connectivity index (χ4n) is 2.77. The van der Waals surface area contributed by atoms with Gasteiger partial charge in [-0.1, -0.05) is 25.7 Å². The number of nitrogens with one attached hydrogen (secondary N) is 1. The SMILES string of the molecule is COc1ccc(NCC2CCCCCC2)c(OC)c1. The van der Waals surface area contributed by atoms with E-state index in [1.165, 1.54) is 38.5 Å². The van der Waals surface area contributed by atoms with Gasteiger partial charge in [-0.05, 0) is 30.9 Å². The van der Waals surface area contributed by atoms with Crippen LogP contribution in [0.25, 0.3) is 0 Å². The predicted molar refractivity (Wildman–Crippen MR) is 79.2 cm³/mol. The third-order valence-electron chi connectivity index (χ3n) is 3.96. The minimum Gasteiger partial charge on any atom is -0.497 e. The zero-order chi connectivity index (χ0) is 13.5. The summed E-state index contributed by atoms with van der Waals surface area (Å²) in [6.07, 6.45) is 8.28. The highest BCUT2D eigenvalue weighted by Crippen LogP contribution is 2.30. The summed E-state index contributed by atoms with van der Waals surface area (Å²) >= 11 is 0. The van der Waals surface area contributed by atoms with Crippen LogP contribution < -0.4 is 14.8 Å². The van der Waals surface area contributed by atoms with Crippen LogP contribution in [0.3, 0.4) is 0 Å². The molecule has 106 valence electrons. The second-order valence-corrected chi connectivity index (χ2v) is 5.30. The van der Waals surface area contributed by atoms with E-state index in [0.717, 1.165) is 29.6 Å². The third-order valence-corrected chi connectivity index (χ3v) is 3.96. The van der Waals surface area contributed by atoms with E-state index in [2.05, 4.69) is 5.32 Å². The Bertz CT molecular complexity index is 384. The first-order chi connectivity index (χ1) is 9.33. The van der Waals surface area contributed by atoms with Gasteiger partial charge in [0.2, 0.25) is 0 Å². The van der Waals surface area contributed by atoms with Crippen molar-refractivity contribution in [3.63, 3.8) is 0 Å². The molecule has 1 aromatic carbocycles. The third kappa shape index (κ3) is 4.05. The van der Waals surface area contributed by atoms with Gasteiger partial charge in [0.1, 0.15) is 11.5 Å². The monoisotopic (exact) mass is 263 g/mol. The number of rotatable bonds is 5. The molecule has 0 atom stereocenters. The number of hydrogen-bond acceptors (Lipinski definition) is 3. The second-order valence-electron chi connectivity index (χ2n) is 5.30. The fourth-order valence-corrected chi connectivity index (χ4v) is 2.77. The molecule has 3 nitrogen and oxygen atoms in total. The highest BCUT2D eigenvalue weighted by atomic mass is 16.5. The van der Waals surface area contributed by atoms with Gasteiger partial charge in [-0.25, -0.2) is 0 Å². The predicted octanol–water partition coefficient (Wildman–Crippen LogP) is 4.09. The molecule has 0 radical (unpaired) electrons. The van der Waals surface area contributed by atoms with Crippen LogP contribution >= 0.6 is 0 Å². The van der Waals surface area contributed by atoms with Crippen molar-refractivity contribution in [1.29, 1.82) is 0 Å². The zero-order valence-electron chi connectivity index (χ0n) is 12.1. The summed E-state index contributed by atoms with van der Waals surface area (Å²) in [4.78, 5) is 0. The van der Waals surface area contributed by atoms with Crippen molar-refractivity contribution in [3.05, 3.63) is 18.2 Å². The Balaban J connectivity index is 1.94. The average molecular weight is 263 g/mol. The van der Waals surface area contributed by atoms with Crippen molar-refractivity contribution in [2.75, 3.05) is 26.1 Å². The topological polar surface area (TPSA) is 30.5 Å². The lowest BCUT2D eigenvalue weighted by molar-refractivity contribution is 0.395. The van der Waals surface area contributed by atoms with Gasteiger partial charge in [-0.3, -0.25) is 0 Å². The molecule has 1 fully saturated rings. The summed E-state index contributed by atoms with van der Waals surface area (Å²) < 4.78 is 10.6. The molecule has 19 heavy (non-hydrogen) atoms. The Morgan fingerprint density at radius 3 is 2.42 bits per heavy atom. The first-order valence-corrected chi connectivity index (χ1v) is 7.29. The Labute approximate surface area is 116 Å². The second kappa shape index (κ2) is 7.27. The Kier molecular flexibility index (Phi) is 5.37. The van der Waals surface area contributed by atoms with Gasteiger partial charge in [0, 0.05) is 12.6 Å². The van der Waals surface area contributed by atoms with Gasteiger partial charge < -0.3 is 14.8 Å². The summed E-state index contributed by atoms with van der Waals surface area (Å²) in [5.74, 6) is 2.49. The maximum atomic E-state index is 5.41. The normalized spacial score (nSPS) is 16.7. The Hall–Kier alpha value is -1.38. The van der Waals surface area contributed by atoms with Gasteiger partial charge in [0.05, 0.1) is 19.9 Å². The zero-order valence-corrected chi connectivity index (χ0v) is 12.1. The van der Waals surface area contributed by atoms with Crippen LogP contribution in [0.2, 0.25) is 0 Å². The van der Waals surface area contributed by atoms with E-state index in [9.17, 15) is 0 Å². The highest BCUT2D eigenvalue weighted by Gasteiger charge is 2.13. The van der Waals surface area contributed by atoms with Crippen molar-refractivity contribution in [1.82, 2.24) is 0 Å². The molecule has 2 rings (SSSR count). The molecule has 0 aromatic heterocycles. The van der Waals surface area contributed by atoms with Gasteiger partial charge in [-0.2, -0.15) is 0 Å². The maximum Gasteiger partial charge on any atom is 0.145 e. The summed E-state index contributed by atoms with van der Waals surface area (Å²) in [5.41, 5.74) is 1.06. The van der Waals surface area contributed by atoms with Crippen molar-refractivity contribution < 1.29 is 9.47 Å². The molecule has 1 N–H and O–H groups in total. The summed E-state index contributed by atoms with van der Waals surface area (Å²) in [5, 5.41) is 3.53. The molecule has 0 aliphatic heterocycles. The average Bonchev–Trinajstić information content (AvgIpc) is 2.73. The standard InChI is InChI=1S/C16H25NO2/c1-18-14-9-10-15(16(11-14)19-2)17-12-13-7-5-3-4-6-8-13/h9-11,13,17H,3-8,12H2,1-2H3. The van der Waals surface area contributed by atoms with Crippen LogP contribution in [0.15, 0.2) is 18.2 Å². The fraction of sp³-hybridized carbons (Fsp3) is 0.625. The van der Waals surface area contributed by atoms with Crippen LogP contribution in [0, 0.1) is 5.92 Å². The lowest BCUT2D eigenvalue weighted by atomic mass is 10.0. The molecule has 0 bridgehead atoms. The van der Waals surface area contributed by atoms with E-state index in [1.807, 2.05) is 18.2 Å². The summed E-state index contributed by atoms with van der Waals surface area (Å²) in [7, 11) is 3.37. The molecule has 0 unspecified atom stereocenters. The van der Waals surface area contributed by atoms with Crippen molar-refractivity contribution >= 4 is 5.69 Å². The number of ether oxygens (including phenoxy) is 2. The van der Waals surface area contributed by atoms with E-state index < -0.39 is 0 Å². The number of methoxy groups -OCH3 is 2. The van der Waals surface area contributed by atoms with E-state index in [-0.39, 0.29) is 0 Å². The molecule has 1 aromatic rings. The van der Waals surface area contributed by atoms with Crippen LogP contribution in [0.1, 0.15) is 38.5 Å². The molecular formula is C16H25NO2. The van der Waals surface area contributed by atoms with Crippen molar-refractivity contribution in [2.45, 2.75) is 38.5 Å². The quantitative estimate of drug-likeness (QED) is 0.812. The van der Waals surface area contributed by atoms with Crippen LogP contribution in [-0.2, 0) is 0 Å². The number of hydrogen-bond donors (Lipinski definition) is 1. The molecule has 0 heterocycles. The minimum absolute atomic E-state index is 0.800. The molecule has 0 saturated heterocycles. The van der Waals surface area contributed by atoms with E-state index >= 15 is 0 Å². The minimum atomic E-state index is 0.800. The smallest absolute Gasteiger partial charge is 0.145 e. The van der Waals surface area contributed by atoms with Crippen LogP contribution in [-0.4, -0.2) is 20.8 Å². The Morgan fingerprint density at radius 2 is 1.79 bits per heavy atom. The molecule has 3 heteroatoms.